The Hall–Kier alpha value is -1.32. The van der Waals surface area contributed by atoms with Crippen LogP contribution < -0.4 is 0 Å². The number of unbranched alkanes of at least 4 members (excludes halogenated alkanes) is 8. The van der Waals surface area contributed by atoms with E-state index in [-0.39, 0.29) is 6.42 Å². The van der Waals surface area contributed by atoms with Gasteiger partial charge in [-0.25, -0.2) is 0 Å². The maximum Gasteiger partial charge on any atom is 0.310 e. The molecular formula is C19H34O4. The van der Waals surface area contributed by atoms with E-state index >= 15 is 0 Å². The predicted octanol–water partition coefficient (Wildman–Crippen LogP) is 5.28. The topological polar surface area (TPSA) is 74.6 Å². The fourth-order valence-electron chi connectivity index (χ4n) is 2.56. The molecule has 134 valence electrons. The van der Waals surface area contributed by atoms with Crippen molar-refractivity contribution < 1.29 is 19.8 Å². The van der Waals surface area contributed by atoms with Crippen LogP contribution in [0.2, 0.25) is 0 Å². The van der Waals surface area contributed by atoms with E-state index in [9.17, 15) is 9.59 Å². The molecule has 23 heavy (non-hydrogen) atoms. The SMILES string of the molecule is CC(C)CCCCCCCCCCC=CC(CC(=O)O)C(=O)O. The van der Waals surface area contributed by atoms with Gasteiger partial charge in [0.2, 0.25) is 0 Å². The van der Waals surface area contributed by atoms with Crippen LogP contribution in [-0.4, -0.2) is 22.2 Å². The van der Waals surface area contributed by atoms with Crippen LogP contribution in [0, 0.1) is 11.8 Å². The van der Waals surface area contributed by atoms with E-state index in [2.05, 4.69) is 13.8 Å². The summed E-state index contributed by atoms with van der Waals surface area (Å²) in [4.78, 5) is 21.4. The van der Waals surface area contributed by atoms with Crippen molar-refractivity contribution in [1.29, 1.82) is 0 Å². The molecule has 2 N–H and O–H groups in total. The zero-order valence-electron chi connectivity index (χ0n) is 14.8. The Morgan fingerprint density at radius 2 is 1.39 bits per heavy atom. The Balaban J connectivity index is 3.49. The molecule has 4 nitrogen and oxygen atoms in total. The lowest BCUT2D eigenvalue weighted by molar-refractivity contribution is -0.146. The zero-order valence-corrected chi connectivity index (χ0v) is 14.8. The maximum atomic E-state index is 10.9. The molecule has 0 aliphatic heterocycles. The lowest BCUT2D eigenvalue weighted by Gasteiger charge is -2.04. The van der Waals surface area contributed by atoms with E-state index in [1.807, 2.05) is 6.08 Å². The van der Waals surface area contributed by atoms with Crippen LogP contribution >= 0.6 is 0 Å². The first-order chi connectivity index (χ1) is 10.9. The van der Waals surface area contributed by atoms with Crippen molar-refractivity contribution in [3.8, 4) is 0 Å². The van der Waals surface area contributed by atoms with Crippen molar-refractivity contribution in [3.05, 3.63) is 12.2 Å². The van der Waals surface area contributed by atoms with E-state index in [1.165, 1.54) is 51.0 Å². The van der Waals surface area contributed by atoms with Gasteiger partial charge in [-0.15, -0.1) is 0 Å². The minimum atomic E-state index is -1.07. The van der Waals surface area contributed by atoms with Crippen molar-refractivity contribution in [2.75, 3.05) is 0 Å². The maximum absolute atomic E-state index is 10.9. The third kappa shape index (κ3) is 15.4. The summed E-state index contributed by atoms with van der Waals surface area (Å²) in [5.74, 6) is -2.23. The first-order valence-corrected chi connectivity index (χ1v) is 9.04. The molecule has 0 spiro atoms. The highest BCUT2D eigenvalue weighted by molar-refractivity contribution is 5.79. The van der Waals surface area contributed by atoms with Crippen LogP contribution in [0.25, 0.3) is 0 Å². The van der Waals surface area contributed by atoms with Gasteiger partial charge in [-0.2, -0.15) is 0 Å². The number of rotatable bonds is 15. The Morgan fingerprint density at radius 1 is 0.870 bits per heavy atom. The molecule has 0 aliphatic rings. The summed E-state index contributed by atoms with van der Waals surface area (Å²) >= 11 is 0. The van der Waals surface area contributed by atoms with Crippen LogP contribution in [-0.2, 0) is 9.59 Å². The first kappa shape index (κ1) is 21.7. The van der Waals surface area contributed by atoms with Crippen LogP contribution in [0.15, 0.2) is 12.2 Å². The molecule has 0 aromatic carbocycles. The summed E-state index contributed by atoms with van der Waals surface area (Å²) in [7, 11) is 0. The molecule has 0 bridgehead atoms. The van der Waals surface area contributed by atoms with Gasteiger partial charge in [0.1, 0.15) is 0 Å². The van der Waals surface area contributed by atoms with Crippen molar-refractivity contribution in [3.63, 3.8) is 0 Å². The lowest BCUT2D eigenvalue weighted by atomic mass is 10.0. The third-order valence-corrected chi connectivity index (χ3v) is 3.98. The molecule has 1 atom stereocenters. The molecule has 0 aromatic rings. The quantitative estimate of drug-likeness (QED) is 0.317. The van der Waals surface area contributed by atoms with Crippen LogP contribution in [0.3, 0.4) is 0 Å². The van der Waals surface area contributed by atoms with Crippen LogP contribution in [0.1, 0.15) is 84.5 Å². The summed E-state index contributed by atoms with van der Waals surface area (Å²) in [5, 5.41) is 17.5. The molecule has 0 saturated carbocycles. The molecule has 1 unspecified atom stereocenters. The summed E-state index contributed by atoms with van der Waals surface area (Å²) < 4.78 is 0. The molecule has 0 radical (unpaired) electrons. The molecule has 0 aliphatic carbocycles. The van der Waals surface area contributed by atoms with Gasteiger partial charge in [0.05, 0.1) is 12.3 Å². The molecule has 0 amide bonds. The lowest BCUT2D eigenvalue weighted by Crippen LogP contribution is -2.15. The summed E-state index contributed by atoms with van der Waals surface area (Å²) in [6.07, 6.45) is 15.2. The largest absolute Gasteiger partial charge is 0.481 e. The van der Waals surface area contributed by atoms with E-state index in [0.29, 0.717) is 0 Å². The Morgan fingerprint density at radius 3 is 1.87 bits per heavy atom. The average Bonchev–Trinajstić information content (AvgIpc) is 2.46. The van der Waals surface area contributed by atoms with Gasteiger partial charge in [-0.05, 0) is 18.8 Å². The highest BCUT2D eigenvalue weighted by Gasteiger charge is 2.17. The third-order valence-electron chi connectivity index (χ3n) is 3.98. The second kappa shape index (κ2) is 14.3. The molecule has 4 heteroatoms. The molecule has 0 rings (SSSR count). The van der Waals surface area contributed by atoms with Gasteiger partial charge >= 0.3 is 11.9 Å². The second-order valence-electron chi connectivity index (χ2n) is 6.77. The van der Waals surface area contributed by atoms with Crippen molar-refractivity contribution in [1.82, 2.24) is 0 Å². The predicted molar refractivity (Wildman–Crippen MR) is 93.5 cm³/mol. The summed E-state index contributed by atoms with van der Waals surface area (Å²) in [5.41, 5.74) is 0. The minimum Gasteiger partial charge on any atom is -0.481 e. The van der Waals surface area contributed by atoms with Gasteiger partial charge in [-0.1, -0.05) is 77.4 Å². The first-order valence-electron chi connectivity index (χ1n) is 9.04. The van der Waals surface area contributed by atoms with E-state index in [4.69, 9.17) is 10.2 Å². The van der Waals surface area contributed by atoms with Crippen molar-refractivity contribution >= 4 is 11.9 Å². The Kier molecular flexibility index (Phi) is 13.5. The second-order valence-corrected chi connectivity index (χ2v) is 6.77. The highest BCUT2D eigenvalue weighted by Crippen LogP contribution is 2.13. The number of allylic oxidation sites excluding steroid dienone is 1. The fraction of sp³-hybridized carbons (Fsp3) is 0.789. The number of hydrogen-bond acceptors (Lipinski definition) is 2. The van der Waals surface area contributed by atoms with E-state index in [1.54, 1.807) is 0 Å². The minimum absolute atomic E-state index is 0.345. The summed E-state index contributed by atoms with van der Waals surface area (Å²) in [6.45, 7) is 4.55. The molecule has 0 saturated heterocycles. The van der Waals surface area contributed by atoms with Gasteiger partial charge in [0, 0.05) is 0 Å². The van der Waals surface area contributed by atoms with E-state index in [0.717, 1.165) is 25.2 Å². The average molecular weight is 326 g/mol. The van der Waals surface area contributed by atoms with Crippen molar-refractivity contribution in [2.45, 2.75) is 84.5 Å². The number of aliphatic carboxylic acids is 2. The number of hydrogen-bond donors (Lipinski definition) is 2. The van der Waals surface area contributed by atoms with Gasteiger partial charge in [-0.3, -0.25) is 9.59 Å². The fourth-order valence-corrected chi connectivity index (χ4v) is 2.56. The van der Waals surface area contributed by atoms with Gasteiger partial charge in [0.25, 0.3) is 0 Å². The Bertz CT molecular complexity index is 347. The molecule has 0 heterocycles. The Labute approximate surface area is 141 Å². The smallest absolute Gasteiger partial charge is 0.310 e. The standard InChI is InChI=1S/C19H34O4/c1-16(2)13-11-9-7-5-3-4-6-8-10-12-14-17(19(22)23)15-18(20)21/h12,14,16-17H,3-11,13,15H2,1-2H3,(H,20,21)(H,22,23). The summed E-state index contributed by atoms with van der Waals surface area (Å²) in [6, 6.07) is 0. The van der Waals surface area contributed by atoms with Crippen LogP contribution in [0.5, 0.6) is 0 Å². The van der Waals surface area contributed by atoms with E-state index < -0.39 is 17.9 Å². The number of carboxylic acid groups (broad SMARTS) is 2. The molecular weight excluding hydrogens is 292 g/mol. The van der Waals surface area contributed by atoms with Crippen LogP contribution in [0.4, 0.5) is 0 Å². The van der Waals surface area contributed by atoms with Crippen molar-refractivity contribution in [2.24, 2.45) is 11.8 Å². The highest BCUT2D eigenvalue weighted by atomic mass is 16.4. The van der Waals surface area contributed by atoms with Gasteiger partial charge < -0.3 is 10.2 Å². The number of carbonyl (C=O) groups is 2. The zero-order chi connectivity index (χ0) is 17.5. The van der Waals surface area contributed by atoms with Gasteiger partial charge in [0.15, 0.2) is 0 Å². The monoisotopic (exact) mass is 326 g/mol. The molecule has 0 aromatic heterocycles. The molecule has 0 fully saturated rings. The number of carboxylic acids is 2. The normalized spacial score (nSPS) is 12.8.